The Morgan fingerprint density at radius 3 is 2.36 bits per heavy atom. The van der Waals surface area contributed by atoms with Gasteiger partial charge in [0.15, 0.2) is 11.6 Å². The zero-order valence-electron chi connectivity index (χ0n) is 21.4. The van der Waals surface area contributed by atoms with E-state index in [-0.39, 0.29) is 17.7 Å². The van der Waals surface area contributed by atoms with Crippen molar-refractivity contribution in [3.05, 3.63) is 102 Å². The number of nitrogens with zero attached hydrogens (tertiary/aromatic N) is 1. The van der Waals surface area contributed by atoms with Crippen LogP contribution in [0.1, 0.15) is 50.3 Å². The minimum Gasteiger partial charge on any atom is -0.365 e. The highest BCUT2D eigenvalue weighted by Gasteiger charge is 2.41. The van der Waals surface area contributed by atoms with Crippen LogP contribution in [0.25, 0.3) is 0 Å². The molecule has 2 N–H and O–H groups in total. The summed E-state index contributed by atoms with van der Waals surface area (Å²) < 4.78 is 0. The lowest BCUT2D eigenvalue weighted by atomic mass is 9.76. The Labute approximate surface area is 215 Å². The third-order valence-electron chi connectivity index (χ3n) is 7.29. The van der Waals surface area contributed by atoms with Crippen LogP contribution < -0.4 is 10.6 Å². The summed E-state index contributed by atoms with van der Waals surface area (Å²) in [4.78, 5) is 27.9. The molecular formula is C31H37N3O2. The van der Waals surface area contributed by atoms with Crippen molar-refractivity contribution in [2.24, 2.45) is 11.8 Å². The third kappa shape index (κ3) is 5.85. The first-order valence-electron chi connectivity index (χ1n) is 12.8. The van der Waals surface area contributed by atoms with E-state index in [1.807, 2.05) is 42.6 Å². The van der Waals surface area contributed by atoms with E-state index in [2.05, 4.69) is 53.0 Å². The number of nitrogens with one attached hydrogen (secondary N) is 2. The lowest BCUT2D eigenvalue weighted by Gasteiger charge is -2.43. The normalized spacial score (nSPS) is 23.7. The second-order valence-electron chi connectivity index (χ2n) is 9.99. The molecule has 2 aliphatic rings. The Hall–Kier alpha value is -3.44. The summed E-state index contributed by atoms with van der Waals surface area (Å²) in [7, 11) is 0. The Morgan fingerprint density at radius 1 is 1.03 bits per heavy atom. The molecule has 1 saturated heterocycles. The van der Waals surface area contributed by atoms with Gasteiger partial charge in [0.05, 0.1) is 5.92 Å². The van der Waals surface area contributed by atoms with Crippen molar-refractivity contribution in [3.8, 4) is 0 Å². The van der Waals surface area contributed by atoms with E-state index in [4.69, 9.17) is 0 Å². The van der Waals surface area contributed by atoms with Gasteiger partial charge in [-0.15, -0.1) is 0 Å². The SMILES string of the molecule is C=C(C)C(=O)C1C(C(=C)C(C)=O)C=CN(Cc2ccc(C3CCCCN3)cc2)C1Nc1ccccc1. The van der Waals surface area contributed by atoms with Gasteiger partial charge in [-0.3, -0.25) is 9.59 Å². The maximum absolute atomic E-state index is 13.5. The topological polar surface area (TPSA) is 61.4 Å². The quantitative estimate of drug-likeness (QED) is 0.442. The van der Waals surface area contributed by atoms with Crippen molar-refractivity contribution < 1.29 is 9.59 Å². The molecule has 4 atom stereocenters. The van der Waals surface area contributed by atoms with Gasteiger partial charge in [0.1, 0.15) is 6.17 Å². The van der Waals surface area contributed by atoms with Crippen LogP contribution >= 0.6 is 0 Å². The molecule has 188 valence electrons. The summed E-state index contributed by atoms with van der Waals surface area (Å²) in [5.41, 5.74) is 4.30. The number of allylic oxidation sites excluding steroid dienone is 3. The van der Waals surface area contributed by atoms with Crippen molar-refractivity contribution in [2.75, 3.05) is 11.9 Å². The van der Waals surface area contributed by atoms with Crippen molar-refractivity contribution in [3.63, 3.8) is 0 Å². The van der Waals surface area contributed by atoms with Crippen LogP contribution in [0.2, 0.25) is 0 Å². The molecule has 2 aromatic carbocycles. The molecule has 36 heavy (non-hydrogen) atoms. The van der Waals surface area contributed by atoms with Crippen LogP contribution in [-0.4, -0.2) is 29.2 Å². The maximum atomic E-state index is 13.5. The van der Waals surface area contributed by atoms with E-state index in [0.29, 0.717) is 23.7 Å². The van der Waals surface area contributed by atoms with E-state index >= 15 is 0 Å². The molecular weight excluding hydrogens is 446 g/mol. The van der Waals surface area contributed by atoms with Crippen molar-refractivity contribution in [1.82, 2.24) is 10.2 Å². The predicted octanol–water partition coefficient (Wildman–Crippen LogP) is 5.79. The van der Waals surface area contributed by atoms with Crippen molar-refractivity contribution >= 4 is 17.3 Å². The van der Waals surface area contributed by atoms with Crippen LogP contribution in [-0.2, 0) is 16.1 Å². The molecule has 0 amide bonds. The average molecular weight is 484 g/mol. The Balaban J connectivity index is 1.65. The van der Waals surface area contributed by atoms with E-state index in [0.717, 1.165) is 17.8 Å². The number of Topliss-reactive ketones (excluding diaryl/α,β-unsaturated/α-hetero) is 2. The van der Waals surface area contributed by atoms with Crippen LogP contribution in [0.3, 0.4) is 0 Å². The number of hydrogen-bond donors (Lipinski definition) is 2. The molecule has 1 fully saturated rings. The average Bonchev–Trinajstić information content (AvgIpc) is 2.90. The number of carbonyl (C=O) groups excluding carboxylic acids is 2. The first-order valence-corrected chi connectivity index (χ1v) is 12.8. The van der Waals surface area contributed by atoms with Gasteiger partial charge in [-0.1, -0.05) is 68.1 Å². The van der Waals surface area contributed by atoms with Gasteiger partial charge in [-0.2, -0.15) is 0 Å². The molecule has 4 rings (SSSR count). The van der Waals surface area contributed by atoms with Gasteiger partial charge in [-0.25, -0.2) is 0 Å². The molecule has 0 aromatic heterocycles. The number of carbonyl (C=O) groups is 2. The van der Waals surface area contributed by atoms with E-state index in [1.165, 1.54) is 31.7 Å². The smallest absolute Gasteiger partial charge is 0.165 e. The van der Waals surface area contributed by atoms with Gasteiger partial charge in [-0.05, 0) is 73.8 Å². The summed E-state index contributed by atoms with van der Waals surface area (Å²) in [6.45, 7) is 12.9. The van der Waals surface area contributed by atoms with E-state index in [9.17, 15) is 9.59 Å². The molecule has 2 aromatic rings. The van der Waals surface area contributed by atoms with Crippen molar-refractivity contribution in [1.29, 1.82) is 0 Å². The zero-order chi connectivity index (χ0) is 25.7. The first kappa shape index (κ1) is 25.6. The minimum absolute atomic E-state index is 0.0658. The van der Waals surface area contributed by atoms with E-state index < -0.39 is 11.8 Å². The molecule has 2 aliphatic heterocycles. The molecule has 0 spiro atoms. The highest BCUT2D eigenvalue weighted by atomic mass is 16.1. The Kier molecular flexibility index (Phi) is 8.21. The highest BCUT2D eigenvalue weighted by Crippen LogP contribution is 2.36. The monoisotopic (exact) mass is 483 g/mol. The summed E-state index contributed by atoms with van der Waals surface area (Å²) >= 11 is 0. The third-order valence-corrected chi connectivity index (χ3v) is 7.29. The van der Waals surface area contributed by atoms with Crippen LogP contribution in [0.15, 0.2) is 91.2 Å². The molecule has 4 unspecified atom stereocenters. The molecule has 0 radical (unpaired) electrons. The number of hydrogen-bond acceptors (Lipinski definition) is 5. The number of piperidine rings is 1. The standard InChI is InChI=1S/C31H37N3O2/c1-21(2)30(36)29-27(22(3)23(4)35)17-19-34(31(29)33-26-10-6-5-7-11-26)20-24-13-15-25(16-14-24)28-12-8-9-18-32-28/h5-7,10-11,13-17,19,27-29,31-33H,1,3,8-9,12,18,20H2,2,4H3. The number of para-hydroxylation sites is 1. The summed E-state index contributed by atoms with van der Waals surface area (Å²) in [6, 6.07) is 19.1. The van der Waals surface area contributed by atoms with Crippen LogP contribution in [0, 0.1) is 11.8 Å². The predicted molar refractivity (Wildman–Crippen MR) is 146 cm³/mol. The fraction of sp³-hybridized carbons (Fsp3) is 0.355. The first-order chi connectivity index (χ1) is 17.3. The zero-order valence-corrected chi connectivity index (χ0v) is 21.4. The Bertz CT molecular complexity index is 1130. The number of rotatable bonds is 9. The molecule has 0 saturated carbocycles. The molecule has 5 nitrogen and oxygen atoms in total. The lowest BCUT2D eigenvalue weighted by Crippen LogP contribution is -2.51. The van der Waals surface area contributed by atoms with Gasteiger partial charge < -0.3 is 15.5 Å². The van der Waals surface area contributed by atoms with Gasteiger partial charge >= 0.3 is 0 Å². The molecule has 5 heteroatoms. The number of anilines is 1. The largest absolute Gasteiger partial charge is 0.365 e. The van der Waals surface area contributed by atoms with E-state index in [1.54, 1.807) is 6.92 Å². The molecule has 0 bridgehead atoms. The second kappa shape index (κ2) is 11.5. The minimum atomic E-state index is -0.533. The second-order valence-corrected chi connectivity index (χ2v) is 9.99. The summed E-state index contributed by atoms with van der Waals surface area (Å²) in [6.07, 6.45) is 7.24. The Morgan fingerprint density at radius 2 is 1.75 bits per heavy atom. The van der Waals surface area contributed by atoms with Crippen LogP contribution in [0.4, 0.5) is 5.69 Å². The van der Waals surface area contributed by atoms with Crippen LogP contribution in [0.5, 0.6) is 0 Å². The maximum Gasteiger partial charge on any atom is 0.165 e. The van der Waals surface area contributed by atoms with Crippen molar-refractivity contribution in [2.45, 2.75) is 51.9 Å². The summed E-state index contributed by atoms with van der Waals surface area (Å²) in [5, 5.41) is 7.19. The number of ketones is 2. The lowest BCUT2D eigenvalue weighted by molar-refractivity contribution is -0.122. The highest BCUT2D eigenvalue weighted by molar-refractivity contribution is 6.00. The fourth-order valence-electron chi connectivity index (χ4n) is 5.21. The molecule has 2 heterocycles. The number of benzene rings is 2. The fourth-order valence-corrected chi connectivity index (χ4v) is 5.21. The van der Waals surface area contributed by atoms with Gasteiger partial charge in [0.25, 0.3) is 0 Å². The van der Waals surface area contributed by atoms with Gasteiger partial charge in [0, 0.05) is 24.2 Å². The summed E-state index contributed by atoms with van der Waals surface area (Å²) in [5.74, 6) is -1.11. The van der Waals surface area contributed by atoms with Gasteiger partial charge in [0.2, 0.25) is 0 Å². The molecule has 0 aliphatic carbocycles.